The molecule has 8 nitrogen and oxygen atoms in total. The van der Waals surface area contributed by atoms with Crippen LogP contribution < -0.4 is 5.32 Å². The highest BCUT2D eigenvalue weighted by atomic mass is 35.5. The average Bonchev–Trinajstić information content (AvgIpc) is 2.86. The number of amides is 2. The van der Waals surface area contributed by atoms with Crippen LogP contribution in [-0.2, 0) is 16.0 Å². The summed E-state index contributed by atoms with van der Waals surface area (Å²) in [6.45, 7) is -0.824. The standard InChI is InChI=1S/C25H26ClF2N3O5/c1-31(23(34)8-6-15-3-2-4-21(28)24(15)26)19(11-20(33)13-32)14-36-25(35)30-22-10-17-9-18(27)7-5-16(17)12-29-22/h2-5,7,9-10,12,19-20,32-33H,6,8,11,13-14H2,1H3,(H,29,30,35)/t19-,20-/m1/s1. The molecule has 3 N–H and O–H groups in total. The van der Waals surface area contributed by atoms with Gasteiger partial charge in [-0.05, 0) is 54.1 Å². The van der Waals surface area contributed by atoms with Crippen LogP contribution in [-0.4, -0.2) is 64.5 Å². The number of benzene rings is 2. The zero-order valence-corrected chi connectivity index (χ0v) is 20.2. The van der Waals surface area contributed by atoms with Crippen LogP contribution in [0.3, 0.4) is 0 Å². The van der Waals surface area contributed by atoms with Gasteiger partial charge in [0.05, 0.1) is 23.8 Å². The molecule has 0 spiro atoms. The molecule has 0 unspecified atom stereocenters. The molecule has 0 aliphatic heterocycles. The number of carbonyl (C=O) groups excluding carboxylic acids is 2. The minimum Gasteiger partial charge on any atom is -0.447 e. The molecule has 2 amide bonds. The molecular formula is C25H26ClF2N3O5. The van der Waals surface area contributed by atoms with E-state index in [-0.39, 0.29) is 42.6 Å². The van der Waals surface area contributed by atoms with Crippen molar-refractivity contribution in [2.24, 2.45) is 0 Å². The summed E-state index contributed by atoms with van der Waals surface area (Å²) in [6, 6.07) is 9.24. The summed E-state index contributed by atoms with van der Waals surface area (Å²) in [5.74, 6) is -1.22. The number of ether oxygens (including phenoxy) is 1. The van der Waals surface area contributed by atoms with Crippen LogP contribution in [0.5, 0.6) is 0 Å². The van der Waals surface area contributed by atoms with Crippen LogP contribution in [0.2, 0.25) is 5.02 Å². The molecule has 0 saturated heterocycles. The zero-order chi connectivity index (χ0) is 26.2. The van der Waals surface area contributed by atoms with E-state index in [0.29, 0.717) is 16.3 Å². The summed E-state index contributed by atoms with van der Waals surface area (Å²) in [5.41, 5.74) is 0.476. The summed E-state index contributed by atoms with van der Waals surface area (Å²) in [6.07, 6.45) is -0.414. The fourth-order valence-corrected chi connectivity index (χ4v) is 3.80. The fraction of sp³-hybridized carbons (Fsp3) is 0.320. The maximum Gasteiger partial charge on any atom is 0.412 e. The predicted molar refractivity (Wildman–Crippen MR) is 131 cm³/mol. The van der Waals surface area contributed by atoms with Crippen LogP contribution in [0.1, 0.15) is 18.4 Å². The summed E-state index contributed by atoms with van der Waals surface area (Å²) in [4.78, 5) is 30.5. The minimum absolute atomic E-state index is 0.00480. The summed E-state index contributed by atoms with van der Waals surface area (Å²) in [5, 5.41) is 22.8. The lowest BCUT2D eigenvalue weighted by Gasteiger charge is -2.29. The second kappa shape index (κ2) is 12.6. The number of carbonyl (C=O) groups is 2. The molecule has 0 aliphatic rings. The van der Waals surface area contributed by atoms with Gasteiger partial charge in [-0.15, -0.1) is 0 Å². The monoisotopic (exact) mass is 521 g/mol. The predicted octanol–water partition coefficient (Wildman–Crippen LogP) is 3.92. The zero-order valence-electron chi connectivity index (χ0n) is 19.5. The number of pyridine rings is 1. The second-order valence-electron chi connectivity index (χ2n) is 8.23. The first-order chi connectivity index (χ1) is 17.2. The summed E-state index contributed by atoms with van der Waals surface area (Å²) >= 11 is 5.95. The molecule has 0 saturated carbocycles. The number of nitrogens with one attached hydrogen (secondary N) is 1. The maximum absolute atomic E-state index is 13.6. The van der Waals surface area contributed by atoms with Crippen molar-refractivity contribution >= 4 is 40.2 Å². The number of likely N-dealkylation sites (N-methyl/N-ethyl adjacent to an activating group) is 1. The summed E-state index contributed by atoms with van der Waals surface area (Å²) in [7, 11) is 1.48. The van der Waals surface area contributed by atoms with Gasteiger partial charge in [0.2, 0.25) is 5.91 Å². The Morgan fingerprint density at radius 1 is 1.19 bits per heavy atom. The van der Waals surface area contributed by atoms with Crippen molar-refractivity contribution < 1.29 is 33.3 Å². The van der Waals surface area contributed by atoms with Crippen molar-refractivity contribution in [3.05, 3.63) is 70.9 Å². The van der Waals surface area contributed by atoms with Gasteiger partial charge in [0.15, 0.2) is 0 Å². The first kappa shape index (κ1) is 27.3. The number of aliphatic hydroxyl groups excluding tert-OH is 2. The van der Waals surface area contributed by atoms with Crippen LogP contribution in [0, 0.1) is 11.6 Å². The molecule has 0 bridgehead atoms. The Morgan fingerprint density at radius 2 is 1.97 bits per heavy atom. The van der Waals surface area contributed by atoms with E-state index in [9.17, 15) is 28.6 Å². The van der Waals surface area contributed by atoms with E-state index in [2.05, 4.69) is 10.3 Å². The molecule has 3 rings (SSSR count). The number of aryl methyl sites for hydroxylation is 1. The largest absolute Gasteiger partial charge is 0.447 e. The molecule has 36 heavy (non-hydrogen) atoms. The van der Waals surface area contributed by atoms with Crippen molar-refractivity contribution in [2.45, 2.75) is 31.4 Å². The van der Waals surface area contributed by atoms with Gasteiger partial charge < -0.3 is 19.8 Å². The number of aromatic nitrogens is 1. The normalized spacial score (nSPS) is 12.7. The van der Waals surface area contributed by atoms with Crippen molar-refractivity contribution in [3.8, 4) is 0 Å². The third-order valence-corrected chi connectivity index (χ3v) is 6.08. The van der Waals surface area contributed by atoms with Gasteiger partial charge in [-0.2, -0.15) is 0 Å². The Labute approximate surface area is 211 Å². The quantitative estimate of drug-likeness (QED) is 0.373. The second-order valence-corrected chi connectivity index (χ2v) is 8.61. The fourth-order valence-electron chi connectivity index (χ4n) is 3.58. The molecule has 192 valence electrons. The van der Waals surface area contributed by atoms with E-state index in [1.54, 1.807) is 12.1 Å². The van der Waals surface area contributed by atoms with Crippen LogP contribution >= 0.6 is 11.6 Å². The Morgan fingerprint density at radius 3 is 2.72 bits per heavy atom. The van der Waals surface area contributed by atoms with Crippen molar-refractivity contribution in [1.82, 2.24) is 9.88 Å². The van der Waals surface area contributed by atoms with Crippen molar-refractivity contribution in [3.63, 3.8) is 0 Å². The number of nitrogens with zero attached hydrogens (tertiary/aromatic N) is 2. The van der Waals surface area contributed by atoms with E-state index in [0.717, 1.165) is 0 Å². The number of fused-ring (bicyclic) bond motifs is 1. The Bertz CT molecular complexity index is 1230. The number of aliphatic hydroxyl groups is 2. The number of rotatable bonds is 10. The Hall–Kier alpha value is -3.34. The SMILES string of the molecule is CN(C(=O)CCc1cccc(F)c1Cl)[C@@H](COC(=O)Nc1cc2cc(F)ccc2cn1)C[C@@H](O)CO. The van der Waals surface area contributed by atoms with Crippen molar-refractivity contribution in [2.75, 3.05) is 25.6 Å². The molecular weight excluding hydrogens is 496 g/mol. The van der Waals surface area contributed by atoms with Gasteiger partial charge in [0.25, 0.3) is 0 Å². The van der Waals surface area contributed by atoms with Gasteiger partial charge in [-0.1, -0.05) is 23.7 Å². The van der Waals surface area contributed by atoms with Crippen LogP contribution in [0.4, 0.5) is 19.4 Å². The Balaban J connectivity index is 1.60. The van der Waals surface area contributed by atoms with E-state index in [1.165, 1.54) is 48.5 Å². The van der Waals surface area contributed by atoms with E-state index >= 15 is 0 Å². The molecule has 0 fully saturated rings. The average molecular weight is 522 g/mol. The highest BCUT2D eigenvalue weighted by Crippen LogP contribution is 2.22. The molecule has 11 heteroatoms. The first-order valence-corrected chi connectivity index (χ1v) is 11.5. The lowest BCUT2D eigenvalue weighted by molar-refractivity contribution is -0.133. The number of hydrogen-bond donors (Lipinski definition) is 3. The van der Waals surface area contributed by atoms with E-state index in [4.69, 9.17) is 16.3 Å². The van der Waals surface area contributed by atoms with E-state index < -0.39 is 36.5 Å². The van der Waals surface area contributed by atoms with Crippen molar-refractivity contribution in [1.29, 1.82) is 0 Å². The molecule has 1 heterocycles. The third kappa shape index (κ3) is 7.33. The topological polar surface area (TPSA) is 112 Å². The number of anilines is 1. The number of hydrogen-bond acceptors (Lipinski definition) is 6. The minimum atomic E-state index is -1.15. The van der Waals surface area contributed by atoms with Gasteiger partial charge in [-0.25, -0.2) is 18.6 Å². The van der Waals surface area contributed by atoms with Gasteiger partial charge in [-0.3, -0.25) is 10.1 Å². The molecule has 2 atom stereocenters. The van der Waals surface area contributed by atoms with Gasteiger partial charge >= 0.3 is 6.09 Å². The molecule has 0 radical (unpaired) electrons. The first-order valence-electron chi connectivity index (χ1n) is 11.1. The molecule has 0 aliphatic carbocycles. The highest BCUT2D eigenvalue weighted by Gasteiger charge is 2.25. The van der Waals surface area contributed by atoms with Gasteiger partial charge in [0.1, 0.15) is 24.1 Å². The molecule has 1 aromatic heterocycles. The maximum atomic E-state index is 13.6. The lowest BCUT2D eigenvalue weighted by atomic mass is 10.1. The van der Waals surface area contributed by atoms with Gasteiger partial charge in [0, 0.05) is 25.1 Å². The third-order valence-electron chi connectivity index (χ3n) is 5.66. The molecule has 2 aromatic carbocycles. The summed E-state index contributed by atoms with van der Waals surface area (Å²) < 4.78 is 32.4. The lowest BCUT2D eigenvalue weighted by Crippen LogP contribution is -2.43. The smallest absolute Gasteiger partial charge is 0.412 e. The van der Waals surface area contributed by atoms with Crippen LogP contribution in [0.25, 0.3) is 10.8 Å². The molecule has 3 aromatic rings. The number of halogens is 3. The van der Waals surface area contributed by atoms with E-state index in [1.807, 2.05) is 0 Å². The van der Waals surface area contributed by atoms with Crippen LogP contribution in [0.15, 0.2) is 48.7 Å². The highest BCUT2D eigenvalue weighted by molar-refractivity contribution is 6.31. The Kier molecular flexibility index (Phi) is 9.51.